The minimum absolute atomic E-state index is 0.111. The molecule has 0 heterocycles. The Kier molecular flexibility index (Phi) is 6.12. The van der Waals surface area contributed by atoms with Crippen LogP contribution in [0.2, 0.25) is 5.02 Å². The number of rotatable bonds is 6. The number of aliphatic hydroxyl groups excluding tert-OH is 1. The Hall–Kier alpha value is -1.10. The molecule has 5 heteroatoms. The second-order valence-corrected chi connectivity index (χ2v) is 4.29. The number of nitrogens with one attached hydrogen (secondary N) is 1. The average molecular weight is 272 g/mol. The molecule has 2 N–H and O–H groups in total. The normalized spacial score (nSPS) is 14.0. The smallest absolute Gasteiger partial charge is 0.248 e. The van der Waals surface area contributed by atoms with E-state index in [1.54, 1.807) is 31.2 Å². The Labute approximate surface area is 112 Å². The summed E-state index contributed by atoms with van der Waals surface area (Å²) in [5.41, 5.74) is 0.600. The zero-order valence-corrected chi connectivity index (χ0v) is 11.3. The maximum atomic E-state index is 11.6. The first-order chi connectivity index (χ1) is 8.56. The first-order valence-corrected chi connectivity index (χ1v) is 6.25. The highest BCUT2D eigenvalue weighted by atomic mass is 35.5. The maximum Gasteiger partial charge on any atom is 0.248 e. The molecule has 1 aromatic rings. The molecule has 4 nitrogen and oxygen atoms in total. The fraction of sp³-hybridized carbons (Fsp3) is 0.462. The standard InChI is InChI=1S/C13H18ClNO3/c1-3-18-9(2)13(17)15-8-12(16)10-6-4-5-7-11(10)14/h4-7,9,12,16H,3,8H2,1-2H3,(H,15,17). The van der Waals surface area contributed by atoms with E-state index in [0.717, 1.165) is 0 Å². The van der Waals surface area contributed by atoms with E-state index in [1.807, 2.05) is 6.92 Å². The Morgan fingerprint density at radius 2 is 2.17 bits per heavy atom. The zero-order valence-electron chi connectivity index (χ0n) is 10.5. The third kappa shape index (κ3) is 4.29. The highest BCUT2D eigenvalue weighted by Gasteiger charge is 2.16. The average Bonchev–Trinajstić information content (AvgIpc) is 2.36. The second-order valence-electron chi connectivity index (χ2n) is 3.88. The van der Waals surface area contributed by atoms with Crippen LogP contribution in [0, 0.1) is 0 Å². The number of aliphatic hydroxyl groups is 1. The van der Waals surface area contributed by atoms with Crippen molar-refractivity contribution in [3.8, 4) is 0 Å². The highest BCUT2D eigenvalue weighted by molar-refractivity contribution is 6.31. The van der Waals surface area contributed by atoms with Crippen LogP contribution < -0.4 is 5.32 Å². The van der Waals surface area contributed by atoms with Gasteiger partial charge >= 0.3 is 0 Å². The fourth-order valence-electron chi connectivity index (χ4n) is 1.52. The topological polar surface area (TPSA) is 58.6 Å². The summed E-state index contributed by atoms with van der Waals surface area (Å²) in [4.78, 5) is 11.6. The van der Waals surface area contributed by atoms with Crippen LogP contribution in [0.25, 0.3) is 0 Å². The molecule has 0 saturated heterocycles. The van der Waals surface area contributed by atoms with E-state index in [9.17, 15) is 9.90 Å². The number of hydrogen-bond acceptors (Lipinski definition) is 3. The predicted molar refractivity (Wildman–Crippen MR) is 70.5 cm³/mol. The summed E-state index contributed by atoms with van der Waals surface area (Å²) in [5, 5.41) is 13.0. The first-order valence-electron chi connectivity index (χ1n) is 5.88. The van der Waals surface area contributed by atoms with E-state index < -0.39 is 12.2 Å². The van der Waals surface area contributed by atoms with Gasteiger partial charge in [-0.3, -0.25) is 4.79 Å². The number of amides is 1. The van der Waals surface area contributed by atoms with Gasteiger partial charge in [0, 0.05) is 23.7 Å². The van der Waals surface area contributed by atoms with E-state index >= 15 is 0 Å². The lowest BCUT2D eigenvalue weighted by molar-refractivity contribution is -0.131. The molecule has 18 heavy (non-hydrogen) atoms. The van der Waals surface area contributed by atoms with Gasteiger partial charge in [0.15, 0.2) is 0 Å². The van der Waals surface area contributed by atoms with Crippen molar-refractivity contribution in [2.75, 3.05) is 13.2 Å². The van der Waals surface area contributed by atoms with Crippen LogP contribution in [0.5, 0.6) is 0 Å². The van der Waals surface area contributed by atoms with Crippen LogP contribution in [0.3, 0.4) is 0 Å². The molecule has 0 bridgehead atoms. The lowest BCUT2D eigenvalue weighted by Crippen LogP contribution is -2.37. The SMILES string of the molecule is CCOC(C)C(=O)NCC(O)c1ccccc1Cl. The van der Waals surface area contributed by atoms with Gasteiger partial charge in [-0.05, 0) is 19.9 Å². The largest absolute Gasteiger partial charge is 0.387 e. The Balaban J connectivity index is 2.49. The molecule has 0 spiro atoms. The number of carbonyl (C=O) groups is 1. The molecule has 1 aromatic carbocycles. The molecule has 0 aliphatic heterocycles. The van der Waals surface area contributed by atoms with Crippen molar-refractivity contribution in [2.24, 2.45) is 0 Å². The summed E-state index contributed by atoms with van der Waals surface area (Å²) in [6, 6.07) is 7.00. The van der Waals surface area contributed by atoms with Gasteiger partial charge in [-0.15, -0.1) is 0 Å². The molecule has 0 aliphatic rings. The van der Waals surface area contributed by atoms with Crippen LogP contribution >= 0.6 is 11.6 Å². The van der Waals surface area contributed by atoms with Crippen molar-refractivity contribution in [1.29, 1.82) is 0 Å². The highest BCUT2D eigenvalue weighted by Crippen LogP contribution is 2.21. The van der Waals surface area contributed by atoms with E-state index in [0.29, 0.717) is 17.2 Å². The van der Waals surface area contributed by atoms with Gasteiger partial charge in [0.05, 0.1) is 6.10 Å². The molecule has 0 aromatic heterocycles. The molecule has 0 saturated carbocycles. The molecule has 2 unspecified atom stereocenters. The second kappa shape index (κ2) is 7.36. The van der Waals surface area contributed by atoms with Gasteiger partial charge in [0.25, 0.3) is 0 Å². The van der Waals surface area contributed by atoms with Crippen molar-refractivity contribution < 1.29 is 14.6 Å². The van der Waals surface area contributed by atoms with E-state index in [4.69, 9.17) is 16.3 Å². The molecule has 2 atom stereocenters. The third-order valence-electron chi connectivity index (χ3n) is 2.52. The van der Waals surface area contributed by atoms with Crippen molar-refractivity contribution in [1.82, 2.24) is 5.32 Å². The number of ether oxygens (including phenoxy) is 1. The summed E-state index contributed by atoms with van der Waals surface area (Å²) in [7, 11) is 0. The van der Waals surface area contributed by atoms with Crippen LogP contribution in [-0.2, 0) is 9.53 Å². The van der Waals surface area contributed by atoms with Crippen LogP contribution in [-0.4, -0.2) is 30.3 Å². The molecule has 0 fully saturated rings. The lowest BCUT2D eigenvalue weighted by atomic mass is 10.1. The Morgan fingerprint density at radius 1 is 1.50 bits per heavy atom. The molecular weight excluding hydrogens is 254 g/mol. The summed E-state index contributed by atoms with van der Waals surface area (Å²) in [5.74, 6) is -0.247. The Bertz CT molecular complexity index is 398. The van der Waals surface area contributed by atoms with Gasteiger partial charge < -0.3 is 15.2 Å². The van der Waals surface area contributed by atoms with Crippen LogP contribution in [0.15, 0.2) is 24.3 Å². The number of halogens is 1. The number of carbonyl (C=O) groups excluding carboxylic acids is 1. The Morgan fingerprint density at radius 3 is 2.78 bits per heavy atom. The maximum absolute atomic E-state index is 11.6. The van der Waals surface area contributed by atoms with Crippen molar-refractivity contribution in [3.63, 3.8) is 0 Å². The monoisotopic (exact) mass is 271 g/mol. The van der Waals surface area contributed by atoms with Crippen LogP contribution in [0.4, 0.5) is 0 Å². The van der Waals surface area contributed by atoms with E-state index in [2.05, 4.69) is 5.32 Å². The molecule has 0 aliphatic carbocycles. The fourth-order valence-corrected chi connectivity index (χ4v) is 1.78. The van der Waals surface area contributed by atoms with Crippen molar-refractivity contribution in [2.45, 2.75) is 26.1 Å². The first kappa shape index (κ1) is 15.0. The summed E-state index contributed by atoms with van der Waals surface area (Å²) in [6.07, 6.45) is -1.34. The van der Waals surface area contributed by atoms with Gasteiger partial charge in [-0.2, -0.15) is 0 Å². The van der Waals surface area contributed by atoms with Gasteiger partial charge in [0.1, 0.15) is 6.10 Å². The van der Waals surface area contributed by atoms with Crippen LogP contribution in [0.1, 0.15) is 25.5 Å². The minimum atomic E-state index is -0.823. The molecule has 1 amide bonds. The van der Waals surface area contributed by atoms with Gasteiger partial charge in [-0.1, -0.05) is 29.8 Å². The minimum Gasteiger partial charge on any atom is -0.387 e. The van der Waals surface area contributed by atoms with E-state index in [1.165, 1.54) is 0 Å². The molecule has 1 rings (SSSR count). The quantitative estimate of drug-likeness (QED) is 0.831. The summed E-state index contributed by atoms with van der Waals surface area (Å²) < 4.78 is 5.15. The van der Waals surface area contributed by atoms with Crippen molar-refractivity contribution in [3.05, 3.63) is 34.9 Å². The van der Waals surface area contributed by atoms with Crippen molar-refractivity contribution >= 4 is 17.5 Å². The number of benzene rings is 1. The third-order valence-corrected chi connectivity index (χ3v) is 2.86. The zero-order chi connectivity index (χ0) is 13.5. The summed E-state index contributed by atoms with van der Waals surface area (Å²) >= 11 is 5.95. The van der Waals surface area contributed by atoms with Gasteiger partial charge in [-0.25, -0.2) is 0 Å². The molecular formula is C13H18ClNO3. The number of hydrogen-bond donors (Lipinski definition) is 2. The molecule has 0 radical (unpaired) electrons. The van der Waals surface area contributed by atoms with Gasteiger partial charge in [0.2, 0.25) is 5.91 Å². The lowest BCUT2D eigenvalue weighted by Gasteiger charge is -2.16. The predicted octanol–water partition coefficient (Wildman–Crippen LogP) is 1.91. The molecule has 100 valence electrons. The summed E-state index contributed by atoms with van der Waals surface area (Å²) in [6.45, 7) is 4.07. The van der Waals surface area contributed by atoms with E-state index in [-0.39, 0.29) is 12.5 Å².